The highest BCUT2D eigenvalue weighted by molar-refractivity contribution is 7.88. The van der Waals surface area contributed by atoms with Crippen LogP contribution in [0.25, 0.3) is 0 Å². The van der Waals surface area contributed by atoms with Gasteiger partial charge in [0.15, 0.2) is 0 Å². The second kappa shape index (κ2) is 6.20. The summed E-state index contributed by atoms with van der Waals surface area (Å²) in [5.41, 5.74) is 1.12. The van der Waals surface area contributed by atoms with Crippen LogP contribution in [0, 0.1) is 23.7 Å². The Morgan fingerprint density at radius 2 is 2.00 bits per heavy atom. The first-order chi connectivity index (χ1) is 8.50. The highest BCUT2D eigenvalue weighted by Gasteiger charge is 2.15. The van der Waals surface area contributed by atoms with E-state index >= 15 is 0 Å². The molecule has 0 radical (unpaired) electrons. The minimum atomic E-state index is -3.45. The van der Waals surface area contributed by atoms with E-state index in [9.17, 15) is 8.42 Å². The second-order valence-electron chi connectivity index (χ2n) is 3.81. The topological polar surface area (TPSA) is 70.0 Å². The van der Waals surface area contributed by atoms with Gasteiger partial charge in [-0.2, -0.15) is 5.26 Å². The number of hydrogen-bond donors (Lipinski definition) is 1. The van der Waals surface area contributed by atoms with Crippen LogP contribution in [0.2, 0.25) is 0 Å². The molecule has 1 N–H and O–H groups in total. The van der Waals surface area contributed by atoms with Crippen molar-refractivity contribution in [2.24, 2.45) is 0 Å². The van der Waals surface area contributed by atoms with Gasteiger partial charge in [-0.3, -0.25) is 0 Å². The number of terminal acetylenes is 1. The summed E-state index contributed by atoms with van der Waals surface area (Å²) in [7, 11) is -3.45. The Morgan fingerprint density at radius 1 is 1.39 bits per heavy atom. The Balaban J connectivity index is 2.77. The van der Waals surface area contributed by atoms with Crippen LogP contribution in [0.15, 0.2) is 24.3 Å². The van der Waals surface area contributed by atoms with Crippen LogP contribution in [0.5, 0.6) is 0 Å². The van der Waals surface area contributed by atoms with Crippen LogP contribution >= 0.6 is 0 Å². The summed E-state index contributed by atoms with van der Waals surface area (Å²) in [6.45, 7) is 1.81. The molecule has 0 saturated heterocycles. The first-order valence-corrected chi connectivity index (χ1v) is 7.11. The van der Waals surface area contributed by atoms with Crippen LogP contribution in [-0.2, 0) is 15.8 Å². The molecule has 0 heterocycles. The first-order valence-electron chi connectivity index (χ1n) is 5.46. The molecule has 0 aromatic heterocycles. The normalized spacial score (nSPS) is 12.4. The largest absolute Gasteiger partial charge is 0.216 e. The maximum atomic E-state index is 11.8. The summed E-state index contributed by atoms with van der Waals surface area (Å²) in [5.74, 6) is 2.24. The van der Waals surface area contributed by atoms with E-state index in [2.05, 4.69) is 10.6 Å². The molecule has 1 rings (SSSR count). The Kier molecular flexibility index (Phi) is 4.91. The molecule has 0 aliphatic carbocycles. The van der Waals surface area contributed by atoms with Gasteiger partial charge in [-0.05, 0) is 24.1 Å². The van der Waals surface area contributed by atoms with E-state index in [-0.39, 0.29) is 5.75 Å². The maximum absolute atomic E-state index is 11.8. The van der Waals surface area contributed by atoms with Crippen molar-refractivity contribution >= 4 is 10.0 Å². The third-order valence-corrected chi connectivity index (χ3v) is 3.73. The minimum Gasteiger partial charge on any atom is -0.212 e. The van der Waals surface area contributed by atoms with E-state index in [0.29, 0.717) is 17.5 Å². The second-order valence-corrected chi connectivity index (χ2v) is 5.57. The maximum Gasteiger partial charge on any atom is 0.216 e. The molecule has 1 aromatic carbocycles. The van der Waals surface area contributed by atoms with Gasteiger partial charge in [-0.15, -0.1) is 6.42 Å². The fourth-order valence-corrected chi connectivity index (χ4v) is 2.77. The fraction of sp³-hybridized carbons (Fsp3) is 0.308. The summed E-state index contributed by atoms with van der Waals surface area (Å²) >= 11 is 0. The molecule has 0 amide bonds. The zero-order chi connectivity index (χ0) is 13.6. The van der Waals surface area contributed by atoms with Crippen molar-refractivity contribution in [2.45, 2.75) is 25.1 Å². The van der Waals surface area contributed by atoms with Crippen molar-refractivity contribution in [2.75, 3.05) is 0 Å². The molecule has 0 bridgehead atoms. The van der Waals surface area contributed by atoms with E-state index in [0.717, 1.165) is 0 Å². The van der Waals surface area contributed by atoms with E-state index < -0.39 is 16.1 Å². The van der Waals surface area contributed by atoms with Gasteiger partial charge in [0.25, 0.3) is 0 Å². The zero-order valence-electron chi connectivity index (χ0n) is 10.1. The van der Waals surface area contributed by atoms with Gasteiger partial charge in [0, 0.05) is 0 Å². The van der Waals surface area contributed by atoms with Crippen molar-refractivity contribution in [1.82, 2.24) is 4.72 Å². The predicted octanol–water partition coefficient (Wildman–Crippen LogP) is 1.39. The molecule has 1 atom stereocenters. The van der Waals surface area contributed by atoms with Gasteiger partial charge in [0.1, 0.15) is 0 Å². The zero-order valence-corrected chi connectivity index (χ0v) is 10.9. The summed E-state index contributed by atoms with van der Waals surface area (Å²) in [5, 5.41) is 8.64. The smallest absolute Gasteiger partial charge is 0.212 e. The van der Waals surface area contributed by atoms with Gasteiger partial charge in [-0.25, -0.2) is 13.1 Å². The number of hydrogen-bond acceptors (Lipinski definition) is 3. The van der Waals surface area contributed by atoms with Gasteiger partial charge in [0.05, 0.1) is 23.4 Å². The molecule has 0 saturated carbocycles. The first kappa shape index (κ1) is 14.2. The molecular weight excluding hydrogens is 248 g/mol. The predicted molar refractivity (Wildman–Crippen MR) is 69.8 cm³/mol. The van der Waals surface area contributed by atoms with E-state index in [1.54, 1.807) is 24.3 Å². The monoisotopic (exact) mass is 262 g/mol. The van der Waals surface area contributed by atoms with Gasteiger partial charge in [0.2, 0.25) is 10.0 Å². The Morgan fingerprint density at radius 3 is 2.44 bits per heavy atom. The van der Waals surface area contributed by atoms with Crippen LogP contribution in [-0.4, -0.2) is 14.5 Å². The van der Waals surface area contributed by atoms with Crippen LogP contribution in [0.1, 0.15) is 24.5 Å². The fourth-order valence-electron chi connectivity index (χ4n) is 1.39. The van der Waals surface area contributed by atoms with Crippen LogP contribution in [0.3, 0.4) is 0 Å². The molecule has 0 fully saturated rings. The SMILES string of the molecule is C#CC(CC)NS(=O)(=O)Cc1ccc(C#N)cc1. The Labute approximate surface area is 108 Å². The molecule has 94 valence electrons. The van der Waals surface area contributed by atoms with Gasteiger partial charge < -0.3 is 0 Å². The van der Waals surface area contributed by atoms with Crippen LogP contribution < -0.4 is 4.72 Å². The molecular formula is C13H14N2O2S. The highest BCUT2D eigenvalue weighted by Crippen LogP contribution is 2.08. The summed E-state index contributed by atoms with van der Waals surface area (Å²) in [6.07, 6.45) is 5.75. The summed E-state index contributed by atoms with van der Waals surface area (Å²) in [4.78, 5) is 0. The molecule has 0 spiro atoms. The lowest BCUT2D eigenvalue weighted by Crippen LogP contribution is -2.34. The Hall–Kier alpha value is -1.82. The van der Waals surface area contributed by atoms with Gasteiger partial charge in [-0.1, -0.05) is 25.0 Å². The van der Waals surface area contributed by atoms with Crippen molar-refractivity contribution < 1.29 is 8.42 Å². The lowest BCUT2D eigenvalue weighted by Gasteiger charge is -2.11. The Bertz CT molecular complexity index is 577. The average molecular weight is 262 g/mol. The molecule has 0 aliphatic heterocycles. The van der Waals surface area contributed by atoms with E-state index in [1.807, 2.05) is 13.0 Å². The number of nitrogens with one attached hydrogen (secondary N) is 1. The standard InChI is InChI=1S/C13H14N2O2S/c1-3-13(4-2)15-18(16,17)10-12-7-5-11(9-14)6-8-12/h1,5-8,13,15H,4,10H2,2H3. The van der Waals surface area contributed by atoms with Gasteiger partial charge >= 0.3 is 0 Å². The number of sulfonamides is 1. The lowest BCUT2D eigenvalue weighted by atomic mass is 10.2. The lowest BCUT2D eigenvalue weighted by molar-refractivity contribution is 0.569. The van der Waals surface area contributed by atoms with E-state index in [4.69, 9.17) is 11.7 Å². The van der Waals surface area contributed by atoms with Crippen molar-refractivity contribution in [3.8, 4) is 18.4 Å². The highest BCUT2D eigenvalue weighted by atomic mass is 32.2. The van der Waals surface area contributed by atoms with Crippen LogP contribution in [0.4, 0.5) is 0 Å². The number of nitriles is 1. The van der Waals surface area contributed by atoms with Crippen molar-refractivity contribution in [1.29, 1.82) is 5.26 Å². The number of nitrogens with zero attached hydrogens (tertiary/aromatic N) is 1. The molecule has 18 heavy (non-hydrogen) atoms. The molecule has 0 aliphatic rings. The van der Waals surface area contributed by atoms with Crippen molar-refractivity contribution in [3.05, 3.63) is 35.4 Å². The third-order valence-electron chi connectivity index (χ3n) is 2.37. The summed E-state index contributed by atoms with van der Waals surface area (Å²) < 4.78 is 26.1. The average Bonchev–Trinajstić information content (AvgIpc) is 2.36. The number of rotatable bonds is 5. The quantitative estimate of drug-likeness (QED) is 0.815. The van der Waals surface area contributed by atoms with Crippen molar-refractivity contribution in [3.63, 3.8) is 0 Å². The summed E-state index contributed by atoms with van der Waals surface area (Å²) in [6, 6.07) is 7.91. The minimum absolute atomic E-state index is 0.142. The molecule has 1 unspecified atom stereocenters. The third kappa shape index (κ3) is 4.21. The van der Waals surface area contributed by atoms with E-state index in [1.165, 1.54) is 0 Å². The molecule has 1 aromatic rings. The molecule has 5 heteroatoms. The molecule has 4 nitrogen and oxygen atoms in total. The number of benzene rings is 1.